The highest BCUT2D eigenvalue weighted by atomic mass is 35.5. The number of aryl methyl sites for hydroxylation is 3. The van der Waals surface area contributed by atoms with Crippen LogP contribution in [0.4, 0.5) is 0 Å². The second-order valence-electron chi connectivity index (χ2n) is 5.59. The lowest BCUT2D eigenvalue weighted by Gasteiger charge is -2.16. The average molecular weight is 296 g/mol. The number of hydrogen-bond donors (Lipinski definition) is 1. The molecule has 0 aromatic heterocycles. The summed E-state index contributed by atoms with van der Waals surface area (Å²) in [6.07, 6.45) is 0.971. The first kappa shape index (κ1) is 16.9. The van der Waals surface area contributed by atoms with Crippen LogP contribution in [-0.2, 0) is 9.59 Å². The molecule has 0 amide bonds. The standard InChI is InChI=1S/C16H21NO2.ClH/c1-9-6-10(2)14(11(3)7-9)15-13(18)8-12(4-5-17)16(15)19;/h6-7,12,15H,4-5,8,17H2,1-3H3;1H. The van der Waals surface area contributed by atoms with Crippen LogP contribution in [-0.4, -0.2) is 18.1 Å². The molecule has 0 aliphatic heterocycles. The van der Waals surface area contributed by atoms with Gasteiger partial charge in [0.25, 0.3) is 0 Å². The Morgan fingerprint density at radius 3 is 2.20 bits per heavy atom. The zero-order valence-electron chi connectivity index (χ0n) is 12.2. The van der Waals surface area contributed by atoms with Crippen molar-refractivity contribution < 1.29 is 9.59 Å². The molecule has 2 rings (SSSR count). The van der Waals surface area contributed by atoms with Crippen LogP contribution in [0.3, 0.4) is 0 Å². The largest absolute Gasteiger partial charge is 0.330 e. The zero-order chi connectivity index (χ0) is 14.2. The van der Waals surface area contributed by atoms with E-state index in [0.29, 0.717) is 19.4 Å². The predicted octanol–water partition coefficient (Wildman–Crippen LogP) is 2.62. The quantitative estimate of drug-likeness (QED) is 0.872. The fraction of sp³-hybridized carbons (Fsp3) is 0.500. The molecule has 1 saturated carbocycles. The molecule has 20 heavy (non-hydrogen) atoms. The monoisotopic (exact) mass is 295 g/mol. The highest BCUT2D eigenvalue weighted by Crippen LogP contribution is 2.37. The second kappa shape index (κ2) is 6.51. The summed E-state index contributed by atoms with van der Waals surface area (Å²) in [4.78, 5) is 24.6. The number of nitrogens with two attached hydrogens (primary N) is 1. The van der Waals surface area contributed by atoms with Crippen LogP contribution >= 0.6 is 12.4 Å². The minimum absolute atomic E-state index is 0. The summed E-state index contributed by atoms with van der Waals surface area (Å²) in [5.41, 5.74) is 9.67. The Balaban J connectivity index is 0.00000200. The summed E-state index contributed by atoms with van der Waals surface area (Å²) in [6.45, 7) is 6.44. The van der Waals surface area contributed by atoms with Crippen molar-refractivity contribution in [2.75, 3.05) is 6.54 Å². The molecule has 1 aromatic rings. The molecule has 110 valence electrons. The summed E-state index contributed by atoms with van der Waals surface area (Å²) in [5, 5.41) is 0. The third-order valence-electron chi connectivity index (χ3n) is 4.00. The minimum Gasteiger partial charge on any atom is -0.330 e. The highest BCUT2D eigenvalue weighted by Gasteiger charge is 2.42. The molecular formula is C16H22ClNO2. The number of carbonyl (C=O) groups is 2. The Morgan fingerprint density at radius 2 is 1.70 bits per heavy atom. The van der Waals surface area contributed by atoms with Gasteiger partial charge in [-0.2, -0.15) is 0 Å². The van der Waals surface area contributed by atoms with Crippen molar-refractivity contribution in [1.29, 1.82) is 0 Å². The van der Waals surface area contributed by atoms with Crippen molar-refractivity contribution in [2.45, 2.75) is 39.5 Å². The maximum absolute atomic E-state index is 12.4. The molecule has 0 bridgehead atoms. The van der Waals surface area contributed by atoms with Gasteiger partial charge >= 0.3 is 0 Å². The average Bonchev–Trinajstić information content (AvgIpc) is 2.56. The van der Waals surface area contributed by atoms with Gasteiger partial charge in [0, 0.05) is 12.3 Å². The summed E-state index contributed by atoms with van der Waals surface area (Å²) in [6, 6.07) is 4.08. The maximum atomic E-state index is 12.4. The summed E-state index contributed by atoms with van der Waals surface area (Å²) in [5.74, 6) is -0.622. The fourth-order valence-corrected chi connectivity index (χ4v) is 3.25. The third-order valence-corrected chi connectivity index (χ3v) is 4.00. The number of ketones is 2. The lowest BCUT2D eigenvalue weighted by atomic mass is 9.86. The van der Waals surface area contributed by atoms with Crippen LogP contribution < -0.4 is 5.73 Å². The Bertz CT molecular complexity index is 516. The van der Waals surface area contributed by atoms with Crippen molar-refractivity contribution in [3.8, 4) is 0 Å². The number of rotatable bonds is 3. The maximum Gasteiger partial charge on any atom is 0.151 e. The molecule has 1 aromatic carbocycles. The van der Waals surface area contributed by atoms with Gasteiger partial charge in [-0.25, -0.2) is 0 Å². The van der Waals surface area contributed by atoms with Crippen molar-refractivity contribution in [3.05, 3.63) is 34.4 Å². The molecule has 2 unspecified atom stereocenters. The molecule has 2 N–H and O–H groups in total. The molecule has 4 heteroatoms. The van der Waals surface area contributed by atoms with Gasteiger partial charge in [-0.05, 0) is 50.4 Å². The number of hydrogen-bond acceptors (Lipinski definition) is 3. The van der Waals surface area contributed by atoms with E-state index in [1.807, 2.05) is 32.9 Å². The van der Waals surface area contributed by atoms with Crippen molar-refractivity contribution in [2.24, 2.45) is 11.7 Å². The minimum atomic E-state index is -0.558. The van der Waals surface area contributed by atoms with Gasteiger partial charge in [-0.1, -0.05) is 17.7 Å². The van der Waals surface area contributed by atoms with Crippen molar-refractivity contribution in [3.63, 3.8) is 0 Å². The van der Waals surface area contributed by atoms with E-state index < -0.39 is 5.92 Å². The van der Waals surface area contributed by atoms with E-state index >= 15 is 0 Å². The summed E-state index contributed by atoms with van der Waals surface area (Å²) < 4.78 is 0. The lowest BCUT2D eigenvalue weighted by molar-refractivity contribution is -0.124. The predicted molar refractivity (Wildman–Crippen MR) is 82.4 cm³/mol. The fourth-order valence-electron chi connectivity index (χ4n) is 3.25. The van der Waals surface area contributed by atoms with E-state index in [9.17, 15) is 9.59 Å². The SMILES string of the molecule is Cc1cc(C)c(C2C(=O)CC(CCN)C2=O)c(C)c1.Cl. The van der Waals surface area contributed by atoms with Gasteiger partial charge < -0.3 is 5.73 Å². The van der Waals surface area contributed by atoms with E-state index in [0.717, 1.165) is 22.3 Å². The molecular weight excluding hydrogens is 274 g/mol. The molecule has 0 spiro atoms. The molecule has 2 atom stereocenters. The van der Waals surface area contributed by atoms with Crippen LogP contribution in [0.25, 0.3) is 0 Å². The molecule has 1 aliphatic rings. The Hall–Kier alpha value is -1.19. The Morgan fingerprint density at radius 1 is 1.15 bits per heavy atom. The van der Waals surface area contributed by atoms with E-state index in [1.165, 1.54) is 0 Å². The summed E-state index contributed by atoms with van der Waals surface area (Å²) >= 11 is 0. The van der Waals surface area contributed by atoms with Gasteiger partial charge in [0.05, 0.1) is 0 Å². The topological polar surface area (TPSA) is 60.2 Å². The van der Waals surface area contributed by atoms with Crippen LogP contribution in [0.2, 0.25) is 0 Å². The van der Waals surface area contributed by atoms with Crippen molar-refractivity contribution >= 4 is 24.0 Å². The summed E-state index contributed by atoms with van der Waals surface area (Å²) in [7, 11) is 0. The molecule has 1 aliphatic carbocycles. The van der Waals surface area contributed by atoms with Crippen LogP contribution in [0.5, 0.6) is 0 Å². The molecule has 1 fully saturated rings. The van der Waals surface area contributed by atoms with Gasteiger partial charge in [-0.3, -0.25) is 9.59 Å². The van der Waals surface area contributed by atoms with E-state index in [2.05, 4.69) is 0 Å². The van der Waals surface area contributed by atoms with Crippen LogP contribution in [0.1, 0.15) is 41.0 Å². The Kier molecular flexibility index (Phi) is 5.49. The van der Waals surface area contributed by atoms with E-state index in [-0.39, 0.29) is 29.9 Å². The van der Waals surface area contributed by atoms with E-state index in [4.69, 9.17) is 5.73 Å². The van der Waals surface area contributed by atoms with Gasteiger partial charge in [0.15, 0.2) is 5.78 Å². The molecule has 0 radical (unpaired) electrons. The van der Waals surface area contributed by atoms with Gasteiger partial charge in [-0.15, -0.1) is 12.4 Å². The number of carbonyl (C=O) groups excluding carboxylic acids is 2. The normalized spacial score (nSPS) is 22.0. The van der Waals surface area contributed by atoms with Crippen LogP contribution in [0, 0.1) is 26.7 Å². The van der Waals surface area contributed by atoms with Gasteiger partial charge in [0.1, 0.15) is 11.7 Å². The highest BCUT2D eigenvalue weighted by molar-refractivity contribution is 6.14. The van der Waals surface area contributed by atoms with Gasteiger partial charge in [0.2, 0.25) is 0 Å². The first-order chi connectivity index (χ1) is 8.95. The van der Waals surface area contributed by atoms with Crippen molar-refractivity contribution in [1.82, 2.24) is 0 Å². The zero-order valence-corrected chi connectivity index (χ0v) is 13.0. The Labute approximate surface area is 126 Å². The van der Waals surface area contributed by atoms with E-state index in [1.54, 1.807) is 0 Å². The second-order valence-corrected chi connectivity index (χ2v) is 5.59. The molecule has 0 heterocycles. The first-order valence-corrected chi connectivity index (χ1v) is 6.80. The number of Topliss-reactive ketones (excluding diaryl/α,β-unsaturated/α-hetero) is 2. The smallest absolute Gasteiger partial charge is 0.151 e. The molecule has 0 saturated heterocycles. The number of benzene rings is 1. The third kappa shape index (κ3) is 2.94. The van der Waals surface area contributed by atoms with Crippen LogP contribution in [0.15, 0.2) is 12.1 Å². The number of halogens is 1. The first-order valence-electron chi connectivity index (χ1n) is 6.80. The lowest BCUT2D eigenvalue weighted by Crippen LogP contribution is -2.19. The molecule has 3 nitrogen and oxygen atoms in total.